The average molecular weight is 163 g/mol. The van der Waals surface area contributed by atoms with Crippen LogP contribution in [0.1, 0.15) is 11.3 Å². The van der Waals surface area contributed by atoms with E-state index in [1.807, 2.05) is 25.1 Å². The fourth-order valence-electron chi connectivity index (χ4n) is 1.41. The SMILES string of the molecule is Cc1ccc2c(F)c(C)[nH]c2c1. The van der Waals surface area contributed by atoms with Gasteiger partial charge in [0.2, 0.25) is 0 Å². The first kappa shape index (κ1) is 7.35. The Kier molecular flexibility index (Phi) is 1.43. The molecule has 0 amide bonds. The maximum atomic E-state index is 13.3. The highest BCUT2D eigenvalue weighted by Crippen LogP contribution is 2.20. The zero-order valence-corrected chi connectivity index (χ0v) is 7.11. The lowest BCUT2D eigenvalue weighted by Crippen LogP contribution is -1.72. The number of halogens is 1. The molecule has 0 spiro atoms. The van der Waals surface area contributed by atoms with Crippen molar-refractivity contribution in [3.05, 3.63) is 35.3 Å². The molecule has 0 atom stereocenters. The highest BCUT2D eigenvalue weighted by molar-refractivity contribution is 5.81. The predicted molar refractivity (Wildman–Crippen MR) is 47.7 cm³/mol. The predicted octanol–water partition coefficient (Wildman–Crippen LogP) is 2.92. The van der Waals surface area contributed by atoms with Crippen LogP contribution >= 0.6 is 0 Å². The van der Waals surface area contributed by atoms with Crippen molar-refractivity contribution in [2.75, 3.05) is 0 Å². The van der Waals surface area contributed by atoms with Gasteiger partial charge in [-0.2, -0.15) is 0 Å². The molecule has 1 nitrogen and oxygen atoms in total. The average Bonchev–Trinajstić information content (AvgIpc) is 2.28. The zero-order chi connectivity index (χ0) is 8.72. The van der Waals surface area contributed by atoms with Crippen LogP contribution in [0.2, 0.25) is 0 Å². The quantitative estimate of drug-likeness (QED) is 0.614. The third-order valence-electron chi connectivity index (χ3n) is 2.06. The molecule has 0 bridgehead atoms. The van der Waals surface area contributed by atoms with Gasteiger partial charge in [-0.05, 0) is 31.5 Å². The van der Waals surface area contributed by atoms with Crippen LogP contribution in [0.15, 0.2) is 18.2 Å². The van der Waals surface area contributed by atoms with E-state index in [-0.39, 0.29) is 5.82 Å². The lowest BCUT2D eigenvalue weighted by Gasteiger charge is -1.91. The highest BCUT2D eigenvalue weighted by atomic mass is 19.1. The van der Waals surface area contributed by atoms with Crippen molar-refractivity contribution in [1.29, 1.82) is 0 Å². The number of fused-ring (bicyclic) bond motifs is 1. The molecule has 2 aromatic rings. The lowest BCUT2D eigenvalue weighted by atomic mass is 10.2. The highest BCUT2D eigenvalue weighted by Gasteiger charge is 2.06. The molecule has 2 heteroatoms. The summed E-state index contributed by atoms with van der Waals surface area (Å²) in [5, 5.41) is 0.679. The molecule has 62 valence electrons. The summed E-state index contributed by atoms with van der Waals surface area (Å²) in [5.74, 6) is -0.134. The first-order chi connectivity index (χ1) is 5.68. The summed E-state index contributed by atoms with van der Waals surface area (Å²) >= 11 is 0. The molecule has 1 N–H and O–H groups in total. The molecule has 0 saturated heterocycles. The largest absolute Gasteiger partial charge is 0.356 e. The van der Waals surface area contributed by atoms with E-state index in [4.69, 9.17) is 0 Å². The van der Waals surface area contributed by atoms with E-state index in [0.29, 0.717) is 11.1 Å². The maximum Gasteiger partial charge on any atom is 0.151 e. The first-order valence-electron chi connectivity index (χ1n) is 3.93. The molecule has 0 aliphatic carbocycles. The van der Waals surface area contributed by atoms with Crippen LogP contribution in [0, 0.1) is 19.7 Å². The number of aromatic amines is 1. The second-order valence-corrected chi connectivity index (χ2v) is 3.11. The summed E-state index contributed by atoms with van der Waals surface area (Å²) in [5.41, 5.74) is 2.63. The Morgan fingerprint density at radius 1 is 1.25 bits per heavy atom. The van der Waals surface area contributed by atoms with Crippen molar-refractivity contribution in [3.8, 4) is 0 Å². The topological polar surface area (TPSA) is 15.8 Å². The van der Waals surface area contributed by atoms with Crippen molar-refractivity contribution < 1.29 is 4.39 Å². The Bertz CT molecular complexity index is 429. The summed E-state index contributed by atoms with van der Waals surface area (Å²) < 4.78 is 13.3. The Morgan fingerprint density at radius 2 is 2.00 bits per heavy atom. The summed E-state index contributed by atoms with van der Waals surface area (Å²) in [6.45, 7) is 3.73. The Balaban J connectivity index is 2.87. The van der Waals surface area contributed by atoms with Gasteiger partial charge in [-0.15, -0.1) is 0 Å². The van der Waals surface area contributed by atoms with E-state index >= 15 is 0 Å². The number of aryl methyl sites for hydroxylation is 2. The molecule has 2 rings (SSSR count). The zero-order valence-electron chi connectivity index (χ0n) is 7.11. The van der Waals surface area contributed by atoms with E-state index in [9.17, 15) is 4.39 Å². The van der Waals surface area contributed by atoms with Gasteiger partial charge in [-0.25, -0.2) is 4.39 Å². The number of nitrogens with one attached hydrogen (secondary N) is 1. The van der Waals surface area contributed by atoms with Crippen LogP contribution in [0.25, 0.3) is 10.9 Å². The van der Waals surface area contributed by atoms with Gasteiger partial charge >= 0.3 is 0 Å². The minimum atomic E-state index is -0.134. The van der Waals surface area contributed by atoms with Crippen LogP contribution in [-0.4, -0.2) is 4.98 Å². The van der Waals surface area contributed by atoms with Crippen molar-refractivity contribution >= 4 is 10.9 Å². The molecule has 1 aromatic carbocycles. The second-order valence-electron chi connectivity index (χ2n) is 3.11. The molecular weight excluding hydrogens is 153 g/mol. The van der Waals surface area contributed by atoms with Gasteiger partial charge in [-0.3, -0.25) is 0 Å². The van der Waals surface area contributed by atoms with Crippen molar-refractivity contribution in [3.63, 3.8) is 0 Å². The first-order valence-corrected chi connectivity index (χ1v) is 3.93. The summed E-state index contributed by atoms with van der Waals surface area (Å²) in [6, 6.07) is 5.67. The molecule has 0 saturated carbocycles. The second kappa shape index (κ2) is 2.34. The van der Waals surface area contributed by atoms with Gasteiger partial charge in [-0.1, -0.05) is 6.07 Å². The van der Waals surface area contributed by atoms with Gasteiger partial charge in [0, 0.05) is 16.6 Å². The summed E-state index contributed by atoms with van der Waals surface area (Å²) in [6.07, 6.45) is 0. The number of H-pyrrole nitrogens is 1. The lowest BCUT2D eigenvalue weighted by molar-refractivity contribution is 0.629. The Labute approximate surface area is 70.2 Å². The molecule has 0 aliphatic rings. The molecule has 1 aromatic heterocycles. The number of benzene rings is 1. The standard InChI is InChI=1S/C10H10FN/c1-6-3-4-8-9(5-6)12-7(2)10(8)11/h3-5,12H,1-2H3. The molecule has 0 fully saturated rings. The minimum Gasteiger partial charge on any atom is -0.356 e. The van der Waals surface area contributed by atoms with E-state index in [0.717, 1.165) is 11.1 Å². The van der Waals surface area contributed by atoms with Crippen molar-refractivity contribution in [2.24, 2.45) is 0 Å². The van der Waals surface area contributed by atoms with E-state index in [2.05, 4.69) is 4.98 Å². The van der Waals surface area contributed by atoms with Gasteiger partial charge < -0.3 is 4.98 Å². The summed E-state index contributed by atoms with van der Waals surface area (Å²) in [4.78, 5) is 2.99. The number of aromatic nitrogens is 1. The number of rotatable bonds is 0. The molecule has 0 unspecified atom stereocenters. The van der Waals surface area contributed by atoms with Gasteiger partial charge in [0.15, 0.2) is 5.82 Å². The molecule has 1 heterocycles. The summed E-state index contributed by atoms with van der Waals surface area (Å²) in [7, 11) is 0. The minimum absolute atomic E-state index is 0.134. The molecular formula is C10H10FN. The van der Waals surface area contributed by atoms with Crippen LogP contribution < -0.4 is 0 Å². The van der Waals surface area contributed by atoms with Gasteiger partial charge in [0.1, 0.15) is 0 Å². The monoisotopic (exact) mass is 163 g/mol. The number of hydrogen-bond acceptors (Lipinski definition) is 0. The van der Waals surface area contributed by atoms with Crippen LogP contribution in [0.4, 0.5) is 4.39 Å². The maximum absolute atomic E-state index is 13.3. The van der Waals surface area contributed by atoms with Gasteiger partial charge in [0.25, 0.3) is 0 Å². The van der Waals surface area contributed by atoms with Crippen molar-refractivity contribution in [1.82, 2.24) is 4.98 Å². The van der Waals surface area contributed by atoms with Crippen LogP contribution in [-0.2, 0) is 0 Å². The van der Waals surface area contributed by atoms with Crippen LogP contribution in [0.3, 0.4) is 0 Å². The third kappa shape index (κ3) is 0.916. The molecule has 12 heavy (non-hydrogen) atoms. The van der Waals surface area contributed by atoms with E-state index in [1.165, 1.54) is 0 Å². The Hall–Kier alpha value is -1.31. The third-order valence-corrected chi connectivity index (χ3v) is 2.06. The normalized spacial score (nSPS) is 10.9. The number of hydrogen-bond donors (Lipinski definition) is 1. The van der Waals surface area contributed by atoms with Gasteiger partial charge in [0.05, 0.1) is 0 Å². The fourth-order valence-corrected chi connectivity index (χ4v) is 1.41. The van der Waals surface area contributed by atoms with Crippen LogP contribution in [0.5, 0.6) is 0 Å². The van der Waals surface area contributed by atoms with E-state index < -0.39 is 0 Å². The fraction of sp³-hybridized carbons (Fsp3) is 0.200. The Morgan fingerprint density at radius 3 is 2.75 bits per heavy atom. The molecule has 0 radical (unpaired) electrons. The van der Waals surface area contributed by atoms with Crippen molar-refractivity contribution in [2.45, 2.75) is 13.8 Å². The smallest absolute Gasteiger partial charge is 0.151 e. The molecule has 0 aliphatic heterocycles. The van der Waals surface area contributed by atoms with E-state index in [1.54, 1.807) is 6.92 Å².